The number of halogens is 3. The first-order chi connectivity index (χ1) is 16.7. The number of hydrogen-bond acceptors (Lipinski definition) is 5. The number of hydrogen-bond donors (Lipinski definition) is 2. The highest BCUT2D eigenvalue weighted by molar-refractivity contribution is 5.94. The molecular formula is C24H27F3N6O2. The molecule has 35 heavy (non-hydrogen) atoms. The molecule has 0 fully saturated rings. The fourth-order valence-electron chi connectivity index (χ4n) is 4.79. The van der Waals surface area contributed by atoms with Crippen LogP contribution in [0.5, 0.6) is 0 Å². The van der Waals surface area contributed by atoms with Crippen molar-refractivity contribution in [2.45, 2.75) is 70.9 Å². The van der Waals surface area contributed by atoms with Gasteiger partial charge >= 0.3 is 6.18 Å². The van der Waals surface area contributed by atoms with E-state index in [1.54, 1.807) is 4.68 Å². The van der Waals surface area contributed by atoms with Crippen LogP contribution in [0.2, 0.25) is 0 Å². The van der Waals surface area contributed by atoms with Crippen LogP contribution in [0.4, 0.5) is 13.2 Å². The number of rotatable bonds is 5. The van der Waals surface area contributed by atoms with Crippen LogP contribution in [0.15, 0.2) is 24.3 Å². The smallest absolute Gasteiger partial charge is 0.392 e. The molecule has 0 bridgehead atoms. The molecule has 0 spiro atoms. The Labute approximate surface area is 200 Å². The Hall–Kier alpha value is -3.21. The summed E-state index contributed by atoms with van der Waals surface area (Å²) in [6, 6.07) is 7.31. The number of fused-ring (bicyclic) bond motifs is 2. The summed E-state index contributed by atoms with van der Waals surface area (Å²) < 4.78 is 42.7. The third-order valence-electron chi connectivity index (χ3n) is 6.77. The van der Waals surface area contributed by atoms with Crippen LogP contribution < -0.4 is 5.32 Å². The monoisotopic (exact) mass is 488 g/mol. The first kappa shape index (κ1) is 23.5. The topological polar surface area (TPSA) is 97.9 Å². The van der Waals surface area contributed by atoms with Gasteiger partial charge in [0.25, 0.3) is 5.91 Å². The van der Waals surface area contributed by atoms with Gasteiger partial charge < -0.3 is 15.0 Å². The second-order valence-electron chi connectivity index (χ2n) is 9.16. The van der Waals surface area contributed by atoms with E-state index in [9.17, 15) is 23.1 Å². The lowest BCUT2D eigenvalue weighted by Crippen LogP contribution is -2.31. The van der Waals surface area contributed by atoms with Gasteiger partial charge in [-0.15, -0.1) is 0 Å². The van der Waals surface area contributed by atoms with Crippen LogP contribution >= 0.6 is 0 Å². The zero-order chi connectivity index (χ0) is 24.7. The van der Waals surface area contributed by atoms with Gasteiger partial charge in [0.15, 0.2) is 5.82 Å². The number of amides is 1. The zero-order valence-corrected chi connectivity index (χ0v) is 19.3. The summed E-state index contributed by atoms with van der Waals surface area (Å²) in [4.78, 5) is 21.9. The maximum absolute atomic E-state index is 13.1. The van der Waals surface area contributed by atoms with Crippen molar-refractivity contribution >= 4 is 5.91 Å². The molecule has 1 amide bonds. The Kier molecular flexibility index (Phi) is 6.12. The molecule has 2 aliphatic rings. The molecule has 0 saturated carbocycles. The number of carbonyl (C=O) groups is 1. The molecule has 186 valence electrons. The second-order valence-corrected chi connectivity index (χ2v) is 9.16. The van der Waals surface area contributed by atoms with E-state index >= 15 is 0 Å². The van der Waals surface area contributed by atoms with Gasteiger partial charge in [-0.25, -0.2) is 14.6 Å². The number of alkyl halides is 3. The molecule has 2 aromatic heterocycles. The number of imidazole rings is 1. The third kappa shape index (κ3) is 4.69. The summed E-state index contributed by atoms with van der Waals surface area (Å²) in [5.41, 5.74) is 2.86. The maximum Gasteiger partial charge on any atom is 0.392 e. The number of aryl methyl sites for hydroxylation is 2. The average molecular weight is 489 g/mol. The highest BCUT2D eigenvalue weighted by Crippen LogP contribution is 2.34. The van der Waals surface area contributed by atoms with Crippen LogP contribution in [0.1, 0.15) is 53.2 Å². The lowest BCUT2D eigenvalue weighted by Gasteiger charge is -2.24. The fourth-order valence-corrected chi connectivity index (χ4v) is 4.79. The van der Waals surface area contributed by atoms with Crippen molar-refractivity contribution in [2.24, 2.45) is 5.92 Å². The first-order valence-electron chi connectivity index (χ1n) is 11.9. The number of benzene rings is 1. The minimum absolute atomic E-state index is 0.0126. The standard InChI is InChI=1S/C24H27F3N6O2/c1-2-18-21(32-9-8-17(34)12-19(32)29-18)23(35)28-13-14-3-5-15(6-4-14)22-30-20-11-16(24(25,26)27)7-10-33(20)31-22/h3-6,16-17,34H,2,7-13H2,1H3,(H,28,35)/t16-,17-/m0/s1. The van der Waals surface area contributed by atoms with E-state index in [2.05, 4.69) is 20.4 Å². The highest BCUT2D eigenvalue weighted by atomic mass is 19.4. The van der Waals surface area contributed by atoms with Crippen LogP contribution in [0.25, 0.3) is 11.4 Å². The Morgan fingerprint density at radius 1 is 1.11 bits per heavy atom. The van der Waals surface area contributed by atoms with Gasteiger partial charge in [-0.2, -0.15) is 18.3 Å². The molecule has 3 aromatic rings. The lowest BCUT2D eigenvalue weighted by molar-refractivity contribution is -0.179. The van der Waals surface area contributed by atoms with Crippen molar-refractivity contribution in [3.63, 3.8) is 0 Å². The van der Waals surface area contributed by atoms with Crippen molar-refractivity contribution in [1.29, 1.82) is 0 Å². The van der Waals surface area contributed by atoms with Crippen molar-refractivity contribution < 1.29 is 23.1 Å². The van der Waals surface area contributed by atoms with Crippen molar-refractivity contribution in [2.75, 3.05) is 0 Å². The van der Waals surface area contributed by atoms with Gasteiger partial charge in [0.05, 0.1) is 17.7 Å². The Bertz CT molecular complexity index is 1230. The normalized spacial score (nSPS) is 19.8. The number of nitrogens with zero attached hydrogens (tertiary/aromatic N) is 5. The summed E-state index contributed by atoms with van der Waals surface area (Å²) in [6.07, 6.45) is -3.13. The lowest BCUT2D eigenvalue weighted by atomic mass is 9.98. The quantitative estimate of drug-likeness (QED) is 0.575. The van der Waals surface area contributed by atoms with Gasteiger partial charge in [0, 0.05) is 38.0 Å². The molecule has 1 aromatic carbocycles. The molecule has 2 N–H and O–H groups in total. The van der Waals surface area contributed by atoms with Crippen LogP contribution in [0.3, 0.4) is 0 Å². The zero-order valence-electron chi connectivity index (χ0n) is 19.3. The predicted molar refractivity (Wildman–Crippen MR) is 120 cm³/mol. The first-order valence-corrected chi connectivity index (χ1v) is 11.9. The number of aliphatic hydroxyl groups is 1. The number of nitrogens with one attached hydrogen (secondary N) is 1. The minimum Gasteiger partial charge on any atom is -0.393 e. The highest BCUT2D eigenvalue weighted by Gasteiger charge is 2.42. The van der Waals surface area contributed by atoms with E-state index in [4.69, 9.17) is 0 Å². The number of aliphatic hydroxyl groups excluding tert-OH is 1. The molecule has 4 heterocycles. The van der Waals surface area contributed by atoms with Gasteiger partial charge in [-0.3, -0.25) is 4.79 Å². The predicted octanol–water partition coefficient (Wildman–Crippen LogP) is 3.07. The molecule has 0 unspecified atom stereocenters. The van der Waals surface area contributed by atoms with Crippen molar-refractivity contribution in [3.05, 3.63) is 52.9 Å². The molecule has 0 radical (unpaired) electrons. The Balaban J connectivity index is 1.25. The SMILES string of the molecule is CCc1nc2n(c1C(=O)NCc1ccc(-c3nc4n(n3)CC[C@H](C(F)(F)F)C4)cc1)CC[C@H](O)C2. The largest absolute Gasteiger partial charge is 0.393 e. The molecule has 2 atom stereocenters. The van der Waals surface area contributed by atoms with E-state index in [1.165, 1.54) is 0 Å². The van der Waals surface area contributed by atoms with Crippen molar-refractivity contribution in [3.8, 4) is 11.4 Å². The van der Waals surface area contributed by atoms with E-state index in [-0.39, 0.29) is 25.3 Å². The number of aromatic nitrogens is 5. The van der Waals surface area contributed by atoms with Gasteiger partial charge in [0.2, 0.25) is 0 Å². The summed E-state index contributed by atoms with van der Waals surface area (Å²) in [5, 5.41) is 17.2. The molecule has 0 aliphatic carbocycles. The average Bonchev–Trinajstić information content (AvgIpc) is 3.42. The van der Waals surface area contributed by atoms with Crippen LogP contribution in [0, 0.1) is 5.92 Å². The van der Waals surface area contributed by atoms with Crippen molar-refractivity contribution in [1.82, 2.24) is 29.6 Å². The number of carbonyl (C=O) groups excluding carboxylic acids is 1. The maximum atomic E-state index is 13.1. The van der Waals surface area contributed by atoms with Crippen LogP contribution in [-0.4, -0.2) is 47.6 Å². The van der Waals surface area contributed by atoms with E-state index < -0.39 is 18.2 Å². The van der Waals surface area contributed by atoms with Gasteiger partial charge in [-0.05, 0) is 24.8 Å². The Morgan fingerprint density at radius 3 is 2.60 bits per heavy atom. The molecule has 0 saturated heterocycles. The summed E-state index contributed by atoms with van der Waals surface area (Å²) >= 11 is 0. The van der Waals surface area contributed by atoms with Crippen LogP contribution in [-0.2, 0) is 38.9 Å². The fraction of sp³-hybridized carbons (Fsp3) is 0.500. The molecule has 5 rings (SSSR count). The molecule has 8 nitrogen and oxygen atoms in total. The van der Waals surface area contributed by atoms with E-state index in [1.807, 2.05) is 35.8 Å². The molecule has 11 heteroatoms. The van der Waals surface area contributed by atoms with E-state index in [0.717, 1.165) is 17.1 Å². The Morgan fingerprint density at radius 2 is 1.89 bits per heavy atom. The summed E-state index contributed by atoms with van der Waals surface area (Å²) in [6.45, 7) is 3.02. The second kappa shape index (κ2) is 9.10. The molecule has 2 aliphatic heterocycles. The van der Waals surface area contributed by atoms with Gasteiger partial charge in [0.1, 0.15) is 17.3 Å². The van der Waals surface area contributed by atoms with E-state index in [0.29, 0.717) is 55.3 Å². The minimum atomic E-state index is -4.22. The summed E-state index contributed by atoms with van der Waals surface area (Å²) in [7, 11) is 0. The third-order valence-corrected chi connectivity index (χ3v) is 6.77. The summed E-state index contributed by atoms with van der Waals surface area (Å²) in [5.74, 6) is -0.0826. The molecular weight excluding hydrogens is 461 g/mol. The van der Waals surface area contributed by atoms with Gasteiger partial charge in [-0.1, -0.05) is 31.2 Å².